The standard InChI is InChI=1S/C40H52F2N2O4/c1-39-15-7-3-5-9-25(35(39)43)17-29-31(39)19-27(21-33(29)41)47-37(45)23-11-13-24(14-12-23)38(46)48-28-20-32-30(34(42)22-28)18-26-10-6-4-8-16-40(32,2)36(26)44/h19-26,35-36H,3-18,43-44H2,1-2H3/t23?,24?,25-,26?,35-,36-,39+,40+/m0/s1. The molecule has 260 valence electrons. The van der Waals surface area contributed by atoms with Crippen LogP contribution < -0.4 is 20.9 Å². The molecular formula is C40H52F2N2O4. The molecule has 48 heavy (non-hydrogen) atoms. The van der Waals surface area contributed by atoms with Crippen molar-refractivity contribution in [2.75, 3.05) is 0 Å². The van der Waals surface area contributed by atoms with E-state index < -0.39 is 23.8 Å². The molecule has 3 saturated carbocycles. The highest BCUT2D eigenvalue weighted by Gasteiger charge is 2.46. The summed E-state index contributed by atoms with van der Waals surface area (Å²) in [5.41, 5.74) is 16.1. The summed E-state index contributed by atoms with van der Waals surface area (Å²) in [5, 5.41) is 0. The largest absolute Gasteiger partial charge is 0.426 e. The second kappa shape index (κ2) is 13.1. The van der Waals surface area contributed by atoms with Crippen molar-refractivity contribution in [3.63, 3.8) is 0 Å². The first-order chi connectivity index (χ1) is 23.0. The average molecular weight is 663 g/mol. The molecule has 6 nitrogen and oxygen atoms in total. The molecule has 0 aromatic heterocycles. The van der Waals surface area contributed by atoms with Crippen LogP contribution in [-0.2, 0) is 33.3 Å². The van der Waals surface area contributed by atoms with E-state index in [1.54, 1.807) is 0 Å². The Bertz CT molecular complexity index is 1460. The monoisotopic (exact) mass is 662 g/mol. The van der Waals surface area contributed by atoms with E-state index in [-0.39, 0.29) is 57.9 Å². The predicted octanol–water partition coefficient (Wildman–Crippen LogP) is 7.73. The Hall–Kier alpha value is -2.84. The maximum Gasteiger partial charge on any atom is 0.314 e. The number of hydrogen-bond donors (Lipinski definition) is 2. The van der Waals surface area contributed by atoms with Gasteiger partial charge in [0, 0.05) is 35.0 Å². The van der Waals surface area contributed by atoms with Gasteiger partial charge in [0.1, 0.15) is 23.1 Å². The molecule has 0 amide bonds. The summed E-state index contributed by atoms with van der Waals surface area (Å²) < 4.78 is 42.7. The van der Waals surface area contributed by atoms with Gasteiger partial charge in [-0.3, -0.25) is 9.59 Å². The van der Waals surface area contributed by atoms with Gasteiger partial charge in [0.05, 0.1) is 11.8 Å². The topological polar surface area (TPSA) is 105 Å². The Balaban J connectivity index is 0.997. The van der Waals surface area contributed by atoms with Gasteiger partial charge in [0.2, 0.25) is 0 Å². The van der Waals surface area contributed by atoms with Crippen molar-refractivity contribution in [2.24, 2.45) is 35.1 Å². The van der Waals surface area contributed by atoms with Crippen LogP contribution in [0.3, 0.4) is 0 Å². The van der Waals surface area contributed by atoms with Gasteiger partial charge in [-0.05, 0) is 110 Å². The molecule has 2 aromatic rings. The Morgan fingerprint density at radius 3 is 1.42 bits per heavy atom. The smallest absolute Gasteiger partial charge is 0.314 e. The van der Waals surface area contributed by atoms with Gasteiger partial charge < -0.3 is 20.9 Å². The summed E-state index contributed by atoms with van der Waals surface area (Å²) in [7, 11) is 0. The van der Waals surface area contributed by atoms with Crippen molar-refractivity contribution in [1.29, 1.82) is 0 Å². The van der Waals surface area contributed by atoms with E-state index in [0.29, 0.717) is 38.5 Å². The minimum absolute atomic E-state index is 0.0575. The molecule has 8 heteroatoms. The van der Waals surface area contributed by atoms with Crippen molar-refractivity contribution >= 4 is 11.9 Å². The first-order valence-electron chi connectivity index (χ1n) is 18.6. The SMILES string of the molecule is C[C@@]12CCCCCC(Cc3c(F)cc(OC(=O)C4CCC(C(=O)Oc5cc(F)c6c(c5)[C@@]5(C)CCCCC[C@@H](C6)[C@@H]5N)CC4)cc31)[C@@H]2N. The predicted molar refractivity (Wildman–Crippen MR) is 181 cm³/mol. The first kappa shape index (κ1) is 33.6. The van der Waals surface area contributed by atoms with E-state index in [9.17, 15) is 9.59 Å². The van der Waals surface area contributed by atoms with E-state index >= 15 is 8.78 Å². The molecule has 0 radical (unpaired) electrons. The molecule has 5 aliphatic rings. The van der Waals surface area contributed by atoms with Crippen LogP contribution in [0, 0.1) is 35.3 Å². The van der Waals surface area contributed by atoms with Crippen LogP contribution in [0.2, 0.25) is 0 Å². The number of rotatable bonds is 4. The number of carbonyl (C=O) groups excluding carboxylic acids is 2. The zero-order chi connectivity index (χ0) is 33.8. The summed E-state index contributed by atoms with van der Waals surface area (Å²) in [4.78, 5) is 26.6. The van der Waals surface area contributed by atoms with Crippen LogP contribution in [0.1, 0.15) is 126 Å². The minimum Gasteiger partial charge on any atom is -0.426 e. The summed E-state index contributed by atoms with van der Waals surface area (Å²) >= 11 is 0. The molecule has 0 aliphatic heterocycles. The lowest BCUT2D eigenvalue weighted by Gasteiger charge is -2.47. The number of halogens is 2. The van der Waals surface area contributed by atoms with Crippen LogP contribution in [0.4, 0.5) is 8.78 Å². The lowest BCUT2D eigenvalue weighted by molar-refractivity contribution is -0.145. The van der Waals surface area contributed by atoms with E-state index in [1.165, 1.54) is 12.1 Å². The fourth-order valence-corrected chi connectivity index (χ4v) is 10.2. The summed E-state index contributed by atoms with van der Waals surface area (Å²) in [6, 6.07) is 6.27. The quantitative estimate of drug-likeness (QED) is 0.257. The summed E-state index contributed by atoms with van der Waals surface area (Å²) in [6.07, 6.45) is 13.6. The number of esters is 2. The van der Waals surface area contributed by atoms with Crippen molar-refractivity contribution in [2.45, 2.75) is 139 Å². The maximum atomic E-state index is 15.5. The number of ether oxygens (including phenoxy) is 2. The Kier molecular flexibility index (Phi) is 9.20. The minimum atomic E-state index is -0.402. The molecule has 3 fully saturated rings. The van der Waals surface area contributed by atoms with Gasteiger partial charge in [-0.1, -0.05) is 52.4 Å². The number of hydrogen-bond acceptors (Lipinski definition) is 6. The van der Waals surface area contributed by atoms with Gasteiger partial charge >= 0.3 is 11.9 Å². The summed E-state index contributed by atoms with van der Waals surface area (Å²) in [6.45, 7) is 4.28. The molecule has 0 saturated heterocycles. The lowest BCUT2D eigenvalue weighted by Crippen LogP contribution is -2.53. The van der Waals surface area contributed by atoms with E-state index in [0.717, 1.165) is 86.5 Å². The van der Waals surface area contributed by atoms with Gasteiger partial charge in [-0.25, -0.2) is 8.78 Å². The summed E-state index contributed by atoms with van der Waals surface area (Å²) in [5.74, 6) is -1.28. The Morgan fingerprint density at radius 2 is 1.02 bits per heavy atom. The normalized spacial score (nSPS) is 34.7. The third-order valence-electron chi connectivity index (χ3n) is 13.4. The highest BCUT2D eigenvalue weighted by molar-refractivity contribution is 5.78. The van der Waals surface area contributed by atoms with Crippen LogP contribution in [0.25, 0.3) is 0 Å². The molecule has 0 heterocycles. The van der Waals surface area contributed by atoms with Crippen LogP contribution in [0.15, 0.2) is 24.3 Å². The molecule has 0 spiro atoms. The second-order valence-corrected chi connectivity index (χ2v) is 16.3. The van der Waals surface area contributed by atoms with E-state index in [1.807, 2.05) is 12.1 Å². The van der Waals surface area contributed by atoms with Gasteiger partial charge in [-0.15, -0.1) is 0 Å². The van der Waals surface area contributed by atoms with Crippen molar-refractivity contribution < 1.29 is 27.8 Å². The zero-order valence-corrected chi connectivity index (χ0v) is 28.6. The Morgan fingerprint density at radius 1 is 0.625 bits per heavy atom. The highest BCUT2D eigenvalue weighted by atomic mass is 19.1. The average Bonchev–Trinajstić information content (AvgIpc) is 3.06. The van der Waals surface area contributed by atoms with Crippen LogP contribution in [-0.4, -0.2) is 24.0 Å². The highest BCUT2D eigenvalue weighted by Crippen LogP contribution is 2.49. The first-order valence-corrected chi connectivity index (χ1v) is 18.6. The Labute approximate surface area is 283 Å². The van der Waals surface area contributed by atoms with Crippen LogP contribution >= 0.6 is 0 Å². The van der Waals surface area contributed by atoms with Crippen molar-refractivity contribution in [3.8, 4) is 11.5 Å². The van der Waals surface area contributed by atoms with Crippen molar-refractivity contribution in [1.82, 2.24) is 0 Å². The fourth-order valence-electron chi connectivity index (χ4n) is 10.2. The zero-order valence-electron chi connectivity index (χ0n) is 28.6. The molecular weight excluding hydrogens is 610 g/mol. The van der Waals surface area contributed by atoms with E-state index in [4.69, 9.17) is 20.9 Å². The molecule has 4 N–H and O–H groups in total. The number of nitrogens with two attached hydrogens (primary N) is 2. The van der Waals surface area contributed by atoms with Gasteiger partial charge in [-0.2, -0.15) is 0 Å². The molecule has 7 rings (SSSR count). The lowest BCUT2D eigenvalue weighted by atomic mass is 9.60. The molecule has 5 aliphatic carbocycles. The molecule has 6 atom stereocenters. The number of fused-ring (bicyclic) bond motifs is 8. The van der Waals surface area contributed by atoms with Gasteiger partial charge in [0.25, 0.3) is 0 Å². The third kappa shape index (κ3) is 5.99. The van der Waals surface area contributed by atoms with Crippen molar-refractivity contribution in [3.05, 3.63) is 58.2 Å². The maximum absolute atomic E-state index is 15.5. The molecule has 2 aromatic carbocycles. The number of benzene rings is 2. The van der Waals surface area contributed by atoms with E-state index in [2.05, 4.69) is 13.8 Å². The fraction of sp³-hybridized carbons (Fsp3) is 0.650. The molecule has 4 bridgehead atoms. The molecule has 1 unspecified atom stereocenters. The number of carbonyl (C=O) groups is 2. The van der Waals surface area contributed by atoms with Gasteiger partial charge in [0.15, 0.2) is 0 Å². The third-order valence-corrected chi connectivity index (χ3v) is 13.4. The second-order valence-electron chi connectivity index (χ2n) is 16.3. The van der Waals surface area contributed by atoms with Crippen LogP contribution in [0.5, 0.6) is 11.5 Å².